The van der Waals surface area contributed by atoms with Crippen LogP contribution in [0.25, 0.3) is 10.9 Å². The first-order valence-corrected chi connectivity index (χ1v) is 9.36. The van der Waals surface area contributed by atoms with Crippen LogP contribution >= 0.6 is 12.2 Å². The smallest absolute Gasteiger partial charge is 0.127 e. The molecule has 3 nitrogen and oxygen atoms in total. The lowest BCUT2D eigenvalue weighted by atomic mass is 10.1. The van der Waals surface area contributed by atoms with Gasteiger partial charge in [-0.3, -0.25) is 0 Å². The molecule has 3 aromatic carbocycles. The van der Waals surface area contributed by atoms with Crippen molar-refractivity contribution >= 4 is 28.1 Å². The highest BCUT2D eigenvalue weighted by Crippen LogP contribution is 2.21. The molecule has 0 fully saturated rings. The Bertz CT molecular complexity index is 1040. The van der Waals surface area contributed by atoms with E-state index >= 15 is 0 Å². The van der Waals surface area contributed by atoms with Crippen molar-refractivity contribution in [2.45, 2.75) is 6.42 Å². The molecule has 0 aliphatic heterocycles. The van der Waals surface area contributed by atoms with Gasteiger partial charge in [-0.1, -0.05) is 48.6 Å². The molecule has 4 heteroatoms. The maximum absolute atomic E-state index is 5.82. The quantitative estimate of drug-likeness (QED) is 0.441. The van der Waals surface area contributed by atoms with Crippen molar-refractivity contribution < 1.29 is 4.74 Å². The van der Waals surface area contributed by atoms with Crippen molar-refractivity contribution in [3.63, 3.8) is 0 Å². The minimum Gasteiger partial charge on any atom is -0.457 e. The van der Waals surface area contributed by atoms with E-state index in [1.54, 1.807) is 0 Å². The van der Waals surface area contributed by atoms with Gasteiger partial charge in [0.2, 0.25) is 0 Å². The number of hydrogen-bond donors (Lipinski definition) is 2. The Hall–Kier alpha value is -3.11. The lowest BCUT2D eigenvalue weighted by Crippen LogP contribution is -2.24. The summed E-state index contributed by atoms with van der Waals surface area (Å²) in [6.07, 6.45) is 2.99. The molecule has 134 valence electrons. The van der Waals surface area contributed by atoms with Crippen LogP contribution in [0.15, 0.2) is 85.1 Å². The average molecular weight is 372 g/mol. The molecule has 0 aliphatic carbocycles. The molecular weight excluding hydrogens is 352 g/mol. The molecule has 0 unspecified atom stereocenters. The average Bonchev–Trinajstić information content (AvgIpc) is 3.12. The van der Waals surface area contributed by atoms with Crippen LogP contribution in [0, 0.1) is 0 Å². The Morgan fingerprint density at radius 2 is 1.56 bits per heavy atom. The van der Waals surface area contributed by atoms with E-state index in [1.807, 2.05) is 60.7 Å². The third-order valence-electron chi connectivity index (χ3n) is 4.45. The first kappa shape index (κ1) is 17.3. The molecule has 0 amide bonds. The molecule has 0 saturated carbocycles. The largest absolute Gasteiger partial charge is 0.457 e. The van der Waals surface area contributed by atoms with Crippen molar-refractivity contribution in [2.75, 3.05) is 6.54 Å². The summed E-state index contributed by atoms with van der Waals surface area (Å²) >= 11 is 5.52. The van der Waals surface area contributed by atoms with Gasteiger partial charge in [-0.05, 0) is 54.4 Å². The van der Waals surface area contributed by atoms with Crippen LogP contribution in [-0.4, -0.2) is 16.5 Å². The molecule has 2 N–H and O–H groups in total. The fourth-order valence-corrected chi connectivity index (χ4v) is 3.29. The van der Waals surface area contributed by atoms with Gasteiger partial charge in [-0.25, -0.2) is 0 Å². The summed E-state index contributed by atoms with van der Waals surface area (Å²) in [5, 5.41) is 4.62. The maximum atomic E-state index is 5.82. The maximum Gasteiger partial charge on any atom is 0.127 e. The van der Waals surface area contributed by atoms with Crippen LogP contribution in [0.2, 0.25) is 0 Å². The van der Waals surface area contributed by atoms with Crippen molar-refractivity contribution in [3.8, 4) is 11.5 Å². The molecule has 1 heterocycles. The number of ether oxygens (including phenoxy) is 1. The summed E-state index contributed by atoms with van der Waals surface area (Å²) in [5.74, 6) is 1.62. The van der Waals surface area contributed by atoms with Crippen molar-refractivity contribution in [1.82, 2.24) is 10.3 Å². The number of nitrogens with one attached hydrogen (secondary N) is 2. The second kappa shape index (κ2) is 8.06. The van der Waals surface area contributed by atoms with Gasteiger partial charge in [0.25, 0.3) is 0 Å². The van der Waals surface area contributed by atoms with Crippen molar-refractivity contribution in [2.24, 2.45) is 0 Å². The lowest BCUT2D eigenvalue weighted by molar-refractivity contribution is 0.482. The number of para-hydroxylation sites is 2. The monoisotopic (exact) mass is 372 g/mol. The Kier molecular flexibility index (Phi) is 5.17. The molecule has 4 rings (SSSR count). The Morgan fingerprint density at radius 3 is 2.37 bits per heavy atom. The molecule has 0 radical (unpaired) electrons. The third kappa shape index (κ3) is 4.18. The van der Waals surface area contributed by atoms with Crippen molar-refractivity contribution in [1.29, 1.82) is 0 Å². The van der Waals surface area contributed by atoms with Crippen LogP contribution in [0.5, 0.6) is 11.5 Å². The summed E-state index contributed by atoms with van der Waals surface area (Å²) < 4.78 is 5.82. The molecule has 1 aromatic heterocycles. The van der Waals surface area contributed by atoms with Gasteiger partial charge in [0.1, 0.15) is 16.5 Å². The molecule has 0 aliphatic rings. The van der Waals surface area contributed by atoms with Gasteiger partial charge in [0.15, 0.2) is 0 Å². The highest BCUT2D eigenvalue weighted by molar-refractivity contribution is 7.80. The highest BCUT2D eigenvalue weighted by Gasteiger charge is 2.05. The van der Waals surface area contributed by atoms with Crippen LogP contribution < -0.4 is 10.1 Å². The number of rotatable bonds is 6. The summed E-state index contributed by atoms with van der Waals surface area (Å²) in [6.45, 7) is 0.795. The molecule has 0 saturated heterocycles. The number of aromatic amines is 1. The fraction of sp³-hybridized carbons (Fsp3) is 0.0870. The second-order valence-corrected chi connectivity index (χ2v) is 6.71. The number of H-pyrrole nitrogens is 1. The number of benzene rings is 3. The first-order chi connectivity index (χ1) is 13.3. The van der Waals surface area contributed by atoms with Crippen LogP contribution in [0.4, 0.5) is 0 Å². The SMILES string of the molecule is S=C(NCCc1c[nH]c2ccccc12)c1ccc(Oc2ccccc2)cc1. The Balaban J connectivity index is 1.33. The van der Waals surface area contributed by atoms with E-state index in [2.05, 4.69) is 34.7 Å². The predicted molar refractivity (Wildman–Crippen MR) is 115 cm³/mol. The molecule has 0 atom stereocenters. The topological polar surface area (TPSA) is 37.0 Å². The molecule has 27 heavy (non-hydrogen) atoms. The van der Waals surface area contributed by atoms with Crippen LogP contribution in [0.1, 0.15) is 11.1 Å². The third-order valence-corrected chi connectivity index (χ3v) is 4.83. The zero-order valence-corrected chi connectivity index (χ0v) is 15.6. The van der Waals surface area contributed by atoms with Gasteiger partial charge < -0.3 is 15.0 Å². The van der Waals surface area contributed by atoms with E-state index in [1.165, 1.54) is 16.5 Å². The first-order valence-electron chi connectivity index (χ1n) is 8.96. The van der Waals surface area contributed by atoms with Gasteiger partial charge in [0, 0.05) is 29.2 Å². The summed E-state index contributed by atoms with van der Waals surface area (Å²) in [4.78, 5) is 4.06. The minimum atomic E-state index is 0.751. The summed E-state index contributed by atoms with van der Waals surface area (Å²) in [6, 6.07) is 25.9. The normalized spacial score (nSPS) is 10.7. The van der Waals surface area contributed by atoms with E-state index in [-0.39, 0.29) is 0 Å². The highest BCUT2D eigenvalue weighted by atomic mass is 32.1. The summed E-state index contributed by atoms with van der Waals surface area (Å²) in [5.41, 5.74) is 3.46. The van der Waals surface area contributed by atoms with Crippen molar-refractivity contribution in [3.05, 3.63) is 96.2 Å². The Labute approximate surface area is 164 Å². The number of hydrogen-bond acceptors (Lipinski definition) is 2. The molecule has 0 spiro atoms. The fourth-order valence-electron chi connectivity index (χ4n) is 3.05. The molecular formula is C23H20N2OS. The standard InChI is InChI=1S/C23H20N2OS/c27-23(24-15-14-18-16-25-22-9-5-4-8-21(18)22)17-10-12-20(13-11-17)26-19-6-2-1-3-7-19/h1-13,16,25H,14-15H2,(H,24,27). The number of fused-ring (bicyclic) bond motifs is 1. The van der Waals surface area contributed by atoms with E-state index < -0.39 is 0 Å². The zero-order chi connectivity index (χ0) is 18.5. The van der Waals surface area contributed by atoms with Gasteiger partial charge >= 0.3 is 0 Å². The van der Waals surface area contributed by atoms with Gasteiger partial charge in [-0.2, -0.15) is 0 Å². The molecule has 0 bridgehead atoms. The van der Waals surface area contributed by atoms with Crippen LogP contribution in [0.3, 0.4) is 0 Å². The van der Waals surface area contributed by atoms with Crippen LogP contribution in [-0.2, 0) is 6.42 Å². The minimum absolute atomic E-state index is 0.751. The zero-order valence-electron chi connectivity index (χ0n) is 14.8. The van der Waals surface area contributed by atoms with E-state index in [0.717, 1.165) is 35.0 Å². The summed E-state index contributed by atoms with van der Waals surface area (Å²) in [7, 11) is 0. The Morgan fingerprint density at radius 1 is 0.852 bits per heavy atom. The second-order valence-electron chi connectivity index (χ2n) is 6.30. The van der Waals surface area contributed by atoms with E-state index in [4.69, 9.17) is 17.0 Å². The van der Waals surface area contributed by atoms with Gasteiger partial charge in [-0.15, -0.1) is 0 Å². The number of aromatic nitrogens is 1. The predicted octanol–water partition coefficient (Wildman–Crippen LogP) is 5.47. The van der Waals surface area contributed by atoms with E-state index in [0.29, 0.717) is 0 Å². The van der Waals surface area contributed by atoms with Gasteiger partial charge in [0.05, 0.1) is 0 Å². The molecule has 4 aromatic rings. The van der Waals surface area contributed by atoms with E-state index in [9.17, 15) is 0 Å². The lowest BCUT2D eigenvalue weighted by Gasteiger charge is -2.09. The number of thiocarbonyl (C=S) groups is 1.